The lowest BCUT2D eigenvalue weighted by Gasteiger charge is -2.20. The van der Waals surface area contributed by atoms with Crippen molar-refractivity contribution >= 4 is 15.9 Å². The van der Waals surface area contributed by atoms with Gasteiger partial charge in [-0.25, -0.2) is 4.98 Å². The maximum atomic E-state index is 5.25. The Hall–Kier alpha value is -3.43. The molecule has 0 aliphatic rings. The summed E-state index contributed by atoms with van der Waals surface area (Å²) in [6.07, 6.45) is 0. The Labute approximate surface area is 210 Å². The highest BCUT2D eigenvalue weighted by atomic mass is 79.9. The molecule has 0 amide bonds. The second kappa shape index (κ2) is 9.08. The predicted octanol–water partition coefficient (Wildman–Crippen LogP) is 8.93. The predicted molar refractivity (Wildman–Crippen MR) is 146 cm³/mol. The zero-order chi connectivity index (χ0) is 23.7. The molecule has 0 bridgehead atoms. The van der Waals surface area contributed by atoms with Crippen LogP contribution in [-0.4, -0.2) is 9.55 Å². The lowest BCUT2D eigenvalue weighted by atomic mass is 9.87. The minimum absolute atomic E-state index is 0.0967. The molecule has 1 aromatic heterocycles. The highest BCUT2D eigenvalue weighted by Gasteiger charge is 2.23. The van der Waals surface area contributed by atoms with E-state index in [1.54, 1.807) is 0 Å². The molecule has 5 rings (SSSR count). The van der Waals surface area contributed by atoms with Crippen LogP contribution in [0.3, 0.4) is 0 Å². The van der Waals surface area contributed by atoms with Crippen LogP contribution < -0.4 is 0 Å². The van der Waals surface area contributed by atoms with Crippen molar-refractivity contribution in [1.29, 1.82) is 0 Å². The van der Waals surface area contributed by atoms with Gasteiger partial charge in [0, 0.05) is 26.9 Å². The van der Waals surface area contributed by atoms with Crippen molar-refractivity contribution in [3.05, 3.63) is 119 Å². The van der Waals surface area contributed by atoms with Crippen LogP contribution in [0.4, 0.5) is 0 Å². The van der Waals surface area contributed by atoms with Gasteiger partial charge in [0.25, 0.3) is 0 Å². The van der Waals surface area contributed by atoms with Gasteiger partial charge >= 0.3 is 0 Å². The standard InChI is InChI=1S/C31H27BrN2/c1-31(2,3)25-16-20-27(21-17-25)34-29(23-12-8-5-9-13-23)28(22-10-6-4-7-11-22)33-30(34)24-14-18-26(32)19-15-24/h4-21H,1-3H3. The van der Waals surface area contributed by atoms with Crippen molar-refractivity contribution in [3.8, 4) is 39.6 Å². The second-order valence-corrected chi connectivity index (χ2v) is 10.4. The fraction of sp³-hybridized carbons (Fsp3) is 0.129. The first kappa shape index (κ1) is 22.4. The maximum absolute atomic E-state index is 5.25. The van der Waals surface area contributed by atoms with Crippen molar-refractivity contribution in [3.63, 3.8) is 0 Å². The van der Waals surface area contributed by atoms with Crippen LogP contribution in [0.1, 0.15) is 26.3 Å². The van der Waals surface area contributed by atoms with Crippen LogP contribution in [0.2, 0.25) is 0 Å². The fourth-order valence-corrected chi connectivity index (χ4v) is 4.50. The van der Waals surface area contributed by atoms with Gasteiger partial charge < -0.3 is 0 Å². The van der Waals surface area contributed by atoms with Gasteiger partial charge in [-0.1, -0.05) is 122 Å². The van der Waals surface area contributed by atoms with Crippen molar-refractivity contribution in [2.45, 2.75) is 26.2 Å². The molecule has 0 N–H and O–H groups in total. The van der Waals surface area contributed by atoms with E-state index in [9.17, 15) is 0 Å². The summed E-state index contributed by atoms with van der Waals surface area (Å²) in [5, 5.41) is 0. The van der Waals surface area contributed by atoms with Gasteiger partial charge in [0.05, 0.1) is 11.4 Å². The quantitative estimate of drug-likeness (QED) is 0.237. The lowest BCUT2D eigenvalue weighted by molar-refractivity contribution is 0.590. The van der Waals surface area contributed by atoms with Gasteiger partial charge in [-0.05, 0) is 35.2 Å². The van der Waals surface area contributed by atoms with Gasteiger partial charge in [0.2, 0.25) is 0 Å². The Kier molecular flexibility index (Phi) is 5.97. The Morgan fingerprint density at radius 3 is 1.74 bits per heavy atom. The number of rotatable bonds is 4. The van der Waals surface area contributed by atoms with E-state index in [1.807, 2.05) is 6.07 Å². The monoisotopic (exact) mass is 506 g/mol. The molecule has 1 heterocycles. The van der Waals surface area contributed by atoms with Crippen LogP contribution in [0, 0.1) is 0 Å². The summed E-state index contributed by atoms with van der Waals surface area (Å²) in [6, 6.07) is 38.3. The molecule has 0 aliphatic heterocycles. The van der Waals surface area contributed by atoms with Gasteiger partial charge in [-0.3, -0.25) is 4.57 Å². The van der Waals surface area contributed by atoms with Crippen molar-refractivity contribution in [2.75, 3.05) is 0 Å². The molecule has 0 fully saturated rings. The molecular weight excluding hydrogens is 480 g/mol. The molecule has 0 unspecified atom stereocenters. The number of nitrogens with zero attached hydrogens (tertiary/aromatic N) is 2. The zero-order valence-electron chi connectivity index (χ0n) is 19.7. The van der Waals surface area contributed by atoms with Crippen molar-refractivity contribution in [1.82, 2.24) is 9.55 Å². The molecule has 4 aromatic carbocycles. The third-order valence-corrected chi connectivity index (χ3v) is 6.59. The van der Waals surface area contributed by atoms with E-state index in [0.717, 1.165) is 44.1 Å². The van der Waals surface area contributed by atoms with E-state index in [0.29, 0.717) is 0 Å². The molecule has 0 aliphatic carbocycles. The number of aromatic nitrogens is 2. The minimum atomic E-state index is 0.0967. The molecular formula is C31H27BrN2. The average molecular weight is 507 g/mol. The average Bonchev–Trinajstić information content (AvgIpc) is 3.26. The number of imidazole rings is 1. The molecule has 168 valence electrons. The Morgan fingerprint density at radius 2 is 1.18 bits per heavy atom. The molecule has 0 spiro atoms. The number of hydrogen-bond donors (Lipinski definition) is 0. The largest absolute Gasteiger partial charge is 0.292 e. The van der Waals surface area contributed by atoms with E-state index in [-0.39, 0.29) is 5.41 Å². The summed E-state index contributed by atoms with van der Waals surface area (Å²) < 4.78 is 3.35. The number of hydrogen-bond acceptors (Lipinski definition) is 1. The topological polar surface area (TPSA) is 17.8 Å². The smallest absolute Gasteiger partial charge is 0.145 e. The van der Waals surface area contributed by atoms with Crippen LogP contribution >= 0.6 is 15.9 Å². The fourth-order valence-electron chi connectivity index (χ4n) is 4.23. The summed E-state index contributed by atoms with van der Waals surface area (Å²) in [5.41, 5.74) is 7.88. The molecule has 0 saturated carbocycles. The first-order chi connectivity index (χ1) is 16.4. The Morgan fingerprint density at radius 1 is 0.618 bits per heavy atom. The van der Waals surface area contributed by atoms with E-state index >= 15 is 0 Å². The van der Waals surface area contributed by atoms with Gasteiger partial charge in [-0.2, -0.15) is 0 Å². The first-order valence-electron chi connectivity index (χ1n) is 11.5. The van der Waals surface area contributed by atoms with Gasteiger partial charge in [0.1, 0.15) is 5.82 Å². The third-order valence-electron chi connectivity index (χ3n) is 6.07. The summed E-state index contributed by atoms with van der Waals surface area (Å²) in [5.74, 6) is 0.925. The summed E-state index contributed by atoms with van der Waals surface area (Å²) in [4.78, 5) is 5.25. The van der Waals surface area contributed by atoms with Crippen LogP contribution in [0.15, 0.2) is 114 Å². The summed E-state index contributed by atoms with van der Waals surface area (Å²) in [7, 11) is 0. The molecule has 2 nitrogen and oxygen atoms in total. The van der Waals surface area contributed by atoms with Crippen LogP contribution in [0.5, 0.6) is 0 Å². The second-order valence-electron chi connectivity index (χ2n) is 9.50. The molecule has 5 aromatic rings. The molecule has 0 radical (unpaired) electrons. The Balaban J connectivity index is 1.83. The third kappa shape index (κ3) is 4.36. The molecule has 34 heavy (non-hydrogen) atoms. The summed E-state index contributed by atoms with van der Waals surface area (Å²) in [6.45, 7) is 6.74. The SMILES string of the molecule is CC(C)(C)c1ccc(-n2c(-c3ccc(Br)cc3)nc(-c3ccccc3)c2-c2ccccc2)cc1. The Bertz CT molecular complexity index is 1390. The number of halogens is 1. The van der Waals surface area contributed by atoms with Gasteiger partial charge in [-0.15, -0.1) is 0 Å². The van der Waals surface area contributed by atoms with E-state index < -0.39 is 0 Å². The summed E-state index contributed by atoms with van der Waals surface area (Å²) >= 11 is 3.57. The highest BCUT2D eigenvalue weighted by Crippen LogP contribution is 2.39. The van der Waals surface area contributed by atoms with Crippen molar-refractivity contribution in [2.24, 2.45) is 0 Å². The zero-order valence-corrected chi connectivity index (χ0v) is 21.3. The first-order valence-corrected chi connectivity index (χ1v) is 12.3. The maximum Gasteiger partial charge on any atom is 0.145 e. The van der Waals surface area contributed by atoms with E-state index in [1.165, 1.54) is 5.56 Å². The van der Waals surface area contributed by atoms with Gasteiger partial charge in [0.15, 0.2) is 0 Å². The lowest BCUT2D eigenvalue weighted by Crippen LogP contribution is -2.11. The molecule has 0 atom stereocenters. The van der Waals surface area contributed by atoms with Crippen molar-refractivity contribution < 1.29 is 0 Å². The highest BCUT2D eigenvalue weighted by molar-refractivity contribution is 9.10. The molecule has 0 saturated heterocycles. The minimum Gasteiger partial charge on any atom is -0.292 e. The normalized spacial score (nSPS) is 11.5. The van der Waals surface area contributed by atoms with Crippen LogP contribution in [0.25, 0.3) is 39.6 Å². The van der Waals surface area contributed by atoms with E-state index in [4.69, 9.17) is 4.98 Å². The molecule has 3 heteroatoms. The van der Waals surface area contributed by atoms with E-state index in [2.05, 4.69) is 144 Å². The number of benzene rings is 4. The van der Waals surface area contributed by atoms with Crippen LogP contribution in [-0.2, 0) is 5.41 Å².